The molecule has 0 N–H and O–H groups in total. The maximum Gasteiger partial charge on any atom is 0.347 e. The number of para-hydroxylation sites is 1. The number of methoxy groups -OCH3 is 1. The third-order valence-electron chi connectivity index (χ3n) is 3.03. The lowest BCUT2D eigenvalue weighted by molar-refractivity contribution is 0.0731. The first kappa shape index (κ1) is 14.8. The van der Waals surface area contributed by atoms with E-state index in [2.05, 4.69) is 0 Å². The van der Waals surface area contributed by atoms with Gasteiger partial charge >= 0.3 is 5.97 Å². The van der Waals surface area contributed by atoms with Gasteiger partial charge in [0.1, 0.15) is 17.1 Å². The van der Waals surface area contributed by atoms with E-state index in [4.69, 9.17) is 9.47 Å². The number of esters is 1. The summed E-state index contributed by atoms with van der Waals surface area (Å²) in [6.45, 7) is 1.80. The molecule has 0 saturated heterocycles. The minimum Gasteiger partial charge on any atom is -0.496 e. The summed E-state index contributed by atoms with van der Waals surface area (Å²) in [6.07, 6.45) is 0.445. The lowest BCUT2D eigenvalue weighted by Crippen LogP contribution is -2.10. The molecule has 4 heteroatoms. The van der Waals surface area contributed by atoms with Gasteiger partial charge in [-0.15, -0.1) is 0 Å². The molecule has 0 aromatic heterocycles. The molecule has 4 nitrogen and oxygen atoms in total. The molecule has 0 bridgehead atoms. The summed E-state index contributed by atoms with van der Waals surface area (Å²) in [5.74, 6) is 0.401. The predicted octanol–water partition coefficient (Wildman–Crippen LogP) is 3.51. The fourth-order valence-electron chi connectivity index (χ4n) is 1.89. The molecule has 2 aromatic rings. The van der Waals surface area contributed by atoms with Gasteiger partial charge in [-0.1, -0.05) is 19.1 Å². The Kier molecular flexibility index (Phi) is 4.72. The fourth-order valence-corrected chi connectivity index (χ4v) is 1.89. The maximum absolute atomic E-state index is 12.1. The van der Waals surface area contributed by atoms with Crippen LogP contribution >= 0.6 is 0 Å². The van der Waals surface area contributed by atoms with Crippen molar-refractivity contribution in [2.45, 2.75) is 13.3 Å². The fraction of sp³-hybridized carbons (Fsp3) is 0.176. The number of hydrogen-bond acceptors (Lipinski definition) is 4. The SMILES string of the molecule is CCC(=O)c1ccc(OC(=O)c2ccccc2OC)cc1. The summed E-state index contributed by atoms with van der Waals surface area (Å²) in [5, 5.41) is 0. The average molecular weight is 284 g/mol. The predicted molar refractivity (Wildman–Crippen MR) is 79.0 cm³/mol. The van der Waals surface area contributed by atoms with Gasteiger partial charge in [-0.25, -0.2) is 4.79 Å². The van der Waals surface area contributed by atoms with E-state index >= 15 is 0 Å². The Morgan fingerprint density at radius 3 is 2.29 bits per heavy atom. The number of hydrogen-bond donors (Lipinski definition) is 0. The third-order valence-corrected chi connectivity index (χ3v) is 3.03. The first-order valence-corrected chi connectivity index (χ1v) is 6.64. The molecule has 0 aliphatic carbocycles. The normalized spacial score (nSPS) is 10.0. The highest BCUT2D eigenvalue weighted by Gasteiger charge is 2.14. The standard InChI is InChI=1S/C17H16O4/c1-3-15(18)12-8-10-13(11-9-12)21-17(19)14-6-4-5-7-16(14)20-2/h4-11H,3H2,1-2H3. The van der Waals surface area contributed by atoms with Crippen LogP contribution in [0, 0.1) is 0 Å². The second kappa shape index (κ2) is 6.70. The molecule has 0 amide bonds. The van der Waals surface area contributed by atoms with Crippen LogP contribution in [0.2, 0.25) is 0 Å². The zero-order chi connectivity index (χ0) is 15.2. The van der Waals surface area contributed by atoms with E-state index in [9.17, 15) is 9.59 Å². The van der Waals surface area contributed by atoms with Gasteiger partial charge in [0.05, 0.1) is 7.11 Å². The highest BCUT2D eigenvalue weighted by molar-refractivity contribution is 5.96. The van der Waals surface area contributed by atoms with Crippen molar-refractivity contribution in [3.63, 3.8) is 0 Å². The van der Waals surface area contributed by atoms with E-state index < -0.39 is 5.97 Å². The molecular formula is C17H16O4. The summed E-state index contributed by atoms with van der Waals surface area (Å²) in [6, 6.07) is 13.4. The van der Waals surface area contributed by atoms with Crippen LogP contribution in [-0.2, 0) is 0 Å². The zero-order valence-electron chi connectivity index (χ0n) is 12.0. The van der Waals surface area contributed by atoms with Crippen molar-refractivity contribution >= 4 is 11.8 Å². The number of carbonyl (C=O) groups is 2. The first-order valence-electron chi connectivity index (χ1n) is 6.64. The molecule has 0 fully saturated rings. The van der Waals surface area contributed by atoms with Crippen molar-refractivity contribution in [2.75, 3.05) is 7.11 Å². The molecule has 0 heterocycles. The Labute approximate surface area is 123 Å². The first-order chi connectivity index (χ1) is 10.2. The van der Waals surface area contributed by atoms with Crippen molar-refractivity contribution in [2.24, 2.45) is 0 Å². The Morgan fingerprint density at radius 2 is 1.67 bits per heavy atom. The van der Waals surface area contributed by atoms with Crippen molar-refractivity contribution in [3.05, 3.63) is 59.7 Å². The van der Waals surface area contributed by atoms with E-state index in [0.29, 0.717) is 29.0 Å². The van der Waals surface area contributed by atoms with Gasteiger partial charge in [0, 0.05) is 12.0 Å². The largest absolute Gasteiger partial charge is 0.496 e. The number of carbonyl (C=O) groups excluding carboxylic acids is 2. The second-order valence-electron chi connectivity index (χ2n) is 4.39. The van der Waals surface area contributed by atoms with Crippen LogP contribution in [0.4, 0.5) is 0 Å². The lowest BCUT2D eigenvalue weighted by atomic mass is 10.1. The highest BCUT2D eigenvalue weighted by atomic mass is 16.5. The monoisotopic (exact) mass is 284 g/mol. The van der Waals surface area contributed by atoms with Gasteiger partial charge in [0.15, 0.2) is 5.78 Å². The Balaban J connectivity index is 2.14. The van der Waals surface area contributed by atoms with Gasteiger partial charge in [0.25, 0.3) is 0 Å². The van der Waals surface area contributed by atoms with Crippen LogP contribution in [-0.4, -0.2) is 18.9 Å². The van der Waals surface area contributed by atoms with Gasteiger partial charge in [0.2, 0.25) is 0 Å². The van der Waals surface area contributed by atoms with Gasteiger partial charge < -0.3 is 9.47 Å². The summed E-state index contributed by atoms with van der Waals surface area (Å²) in [5.41, 5.74) is 0.961. The second-order valence-corrected chi connectivity index (χ2v) is 4.39. The minimum absolute atomic E-state index is 0.0533. The van der Waals surface area contributed by atoms with Crippen LogP contribution in [0.15, 0.2) is 48.5 Å². The van der Waals surface area contributed by atoms with Crippen LogP contribution in [0.3, 0.4) is 0 Å². The summed E-state index contributed by atoms with van der Waals surface area (Å²) >= 11 is 0. The van der Waals surface area contributed by atoms with Crippen LogP contribution in [0.25, 0.3) is 0 Å². The number of ether oxygens (including phenoxy) is 2. The summed E-state index contributed by atoms with van der Waals surface area (Å²) in [4.78, 5) is 23.6. The number of Topliss-reactive ketones (excluding diaryl/α,β-unsaturated/α-hetero) is 1. The quantitative estimate of drug-likeness (QED) is 0.479. The topological polar surface area (TPSA) is 52.6 Å². The van der Waals surface area contributed by atoms with E-state index in [-0.39, 0.29) is 5.78 Å². The molecule has 0 spiro atoms. The molecule has 0 radical (unpaired) electrons. The van der Waals surface area contributed by atoms with Crippen LogP contribution in [0.5, 0.6) is 11.5 Å². The van der Waals surface area contributed by atoms with E-state index in [1.165, 1.54) is 7.11 Å². The van der Waals surface area contributed by atoms with E-state index in [1.54, 1.807) is 55.5 Å². The lowest BCUT2D eigenvalue weighted by Gasteiger charge is -2.08. The molecule has 21 heavy (non-hydrogen) atoms. The van der Waals surface area contributed by atoms with Crippen LogP contribution in [0.1, 0.15) is 34.1 Å². The average Bonchev–Trinajstić information content (AvgIpc) is 2.54. The zero-order valence-corrected chi connectivity index (χ0v) is 12.0. The minimum atomic E-state index is -0.498. The van der Waals surface area contributed by atoms with Crippen LogP contribution < -0.4 is 9.47 Å². The number of ketones is 1. The van der Waals surface area contributed by atoms with Crippen molar-refractivity contribution in [1.29, 1.82) is 0 Å². The smallest absolute Gasteiger partial charge is 0.347 e. The molecule has 0 atom stereocenters. The molecule has 0 aliphatic heterocycles. The highest BCUT2D eigenvalue weighted by Crippen LogP contribution is 2.20. The van der Waals surface area contributed by atoms with Crippen molar-refractivity contribution < 1.29 is 19.1 Å². The molecule has 0 unspecified atom stereocenters. The van der Waals surface area contributed by atoms with E-state index in [1.807, 2.05) is 0 Å². The van der Waals surface area contributed by atoms with Gasteiger partial charge in [-0.05, 0) is 36.4 Å². The maximum atomic E-state index is 12.1. The number of rotatable bonds is 5. The summed E-state index contributed by atoms with van der Waals surface area (Å²) < 4.78 is 10.4. The Bertz CT molecular complexity index is 644. The summed E-state index contributed by atoms with van der Waals surface area (Å²) in [7, 11) is 1.50. The molecule has 2 rings (SSSR count). The Morgan fingerprint density at radius 1 is 1.00 bits per heavy atom. The molecule has 0 saturated carbocycles. The molecule has 0 aliphatic rings. The molecule has 108 valence electrons. The third kappa shape index (κ3) is 3.48. The molecule has 2 aromatic carbocycles. The van der Waals surface area contributed by atoms with Gasteiger partial charge in [-0.2, -0.15) is 0 Å². The van der Waals surface area contributed by atoms with Gasteiger partial charge in [-0.3, -0.25) is 4.79 Å². The van der Waals surface area contributed by atoms with Crippen molar-refractivity contribution in [1.82, 2.24) is 0 Å². The Hall–Kier alpha value is -2.62. The number of benzene rings is 2. The van der Waals surface area contributed by atoms with Crippen molar-refractivity contribution in [3.8, 4) is 11.5 Å². The van der Waals surface area contributed by atoms with E-state index in [0.717, 1.165) is 0 Å². The molecular weight excluding hydrogens is 268 g/mol.